The van der Waals surface area contributed by atoms with Crippen molar-refractivity contribution in [3.05, 3.63) is 11.3 Å². The highest BCUT2D eigenvalue weighted by Crippen LogP contribution is 2.13. The van der Waals surface area contributed by atoms with Crippen LogP contribution in [0.5, 0.6) is 0 Å². The van der Waals surface area contributed by atoms with Gasteiger partial charge in [-0.25, -0.2) is 0 Å². The third-order valence-electron chi connectivity index (χ3n) is 1.54. The molecule has 0 atom stereocenters. The van der Waals surface area contributed by atoms with Crippen molar-refractivity contribution < 1.29 is 9.94 Å². The van der Waals surface area contributed by atoms with Crippen molar-refractivity contribution in [3.8, 4) is 0 Å². The molecular weight excluding hydrogens is 130 g/mol. The minimum Gasteiger partial charge on any atom is -0.506 e. The number of aliphatic hydroxyl groups is 1. The van der Waals surface area contributed by atoms with Crippen LogP contribution in [-0.2, 0) is 4.84 Å². The molecule has 0 aromatic heterocycles. The number of oxime groups is 1. The van der Waals surface area contributed by atoms with Gasteiger partial charge in [0, 0.05) is 5.57 Å². The van der Waals surface area contributed by atoms with Gasteiger partial charge in [-0.3, -0.25) is 0 Å². The Morgan fingerprint density at radius 1 is 1.70 bits per heavy atom. The van der Waals surface area contributed by atoms with E-state index in [1.165, 1.54) is 0 Å². The normalized spacial score (nSPS) is 18.4. The molecule has 0 radical (unpaired) electrons. The quantitative estimate of drug-likeness (QED) is 0.602. The molecule has 0 aliphatic carbocycles. The summed E-state index contributed by atoms with van der Waals surface area (Å²) in [7, 11) is 0. The minimum atomic E-state index is 0.300. The average Bonchev–Trinajstić information content (AvgIpc) is 1.95. The number of hydrogen-bond acceptors (Lipinski definition) is 3. The summed E-state index contributed by atoms with van der Waals surface area (Å²) < 4.78 is 0. The van der Waals surface area contributed by atoms with Gasteiger partial charge in [-0.2, -0.15) is 0 Å². The fourth-order valence-electron chi connectivity index (χ4n) is 0.844. The van der Waals surface area contributed by atoms with Crippen LogP contribution in [-0.4, -0.2) is 17.4 Å². The van der Waals surface area contributed by atoms with E-state index in [1.807, 2.05) is 6.92 Å². The van der Waals surface area contributed by atoms with Gasteiger partial charge < -0.3 is 9.94 Å². The van der Waals surface area contributed by atoms with Crippen LogP contribution in [0.15, 0.2) is 16.5 Å². The zero-order chi connectivity index (χ0) is 7.56. The number of allylic oxidation sites excluding steroid dienone is 1. The second-order valence-corrected chi connectivity index (χ2v) is 2.26. The molecule has 0 saturated heterocycles. The minimum absolute atomic E-state index is 0.300. The van der Waals surface area contributed by atoms with Crippen LogP contribution in [0.25, 0.3) is 0 Å². The molecule has 0 spiro atoms. The molecule has 0 amide bonds. The Bertz CT molecular complexity index is 194. The zero-order valence-electron chi connectivity index (χ0n) is 6.22. The maximum Gasteiger partial charge on any atom is 0.142 e. The predicted molar refractivity (Wildman–Crippen MR) is 39.0 cm³/mol. The van der Waals surface area contributed by atoms with Crippen LogP contribution in [0.1, 0.15) is 20.3 Å². The third-order valence-corrected chi connectivity index (χ3v) is 1.54. The molecule has 10 heavy (non-hydrogen) atoms. The molecule has 1 heterocycles. The fourth-order valence-corrected chi connectivity index (χ4v) is 0.844. The number of aliphatic hydroxyl groups excluding tert-OH is 1. The lowest BCUT2D eigenvalue weighted by molar-refractivity contribution is 0.154. The van der Waals surface area contributed by atoms with Gasteiger partial charge in [0.25, 0.3) is 0 Å². The van der Waals surface area contributed by atoms with E-state index in [4.69, 9.17) is 4.84 Å². The summed E-state index contributed by atoms with van der Waals surface area (Å²) in [6.07, 6.45) is 0.818. The van der Waals surface area contributed by atoms with Crippen LogP contribution in [0, 0.1) is 0 Å². The van der Waals surface area contributed by atoms with E-state index in [1.54, 1.807) is 6.92 Å². The van der Waals surface area contributed by atoms with Gasteiger partial charge in [-0.05, 0) is 13.3 Å². The molecule has 0 aromatic rings. The SMILES string of the molecule is CCC1=C(O)C(C)=NOC1. The summed E-state index contributed by atoms with van der Waals surface area (Å²) in [5.74, 6) is 0.300. The lowest BCUT2D eigenvalue weighted by atomic mass is 10.1. The summed E-state index contributed by atoms with van der Waals surface area (Å²) in [5.41, 5.74) is 1.50. The maximum atomic E-state index is 9.31. The molecule has 1 rings (SSSR count). The lowest BCUT2D eigenvalue weighted by Crippen LogP contribution is -2.11. The van der Waals surface area contributed by atoms with Gasteiger partial charge in [0.2, 0.25) is 0 Å². The van der Waals surface area contributed by atoms with Crippen molar-refractivity contribution in [3.63, 3.8) is 0 Å². The van der Waals surface area contributed by atoms with Crippen LogP contribution in [0.3, 0.4) is 0 Å². The first kappa shape index (κ1) is 7.12. The summed E-state index contributed by atoms with van der Waals surface area (Å²) in [6, 6.07) is 0. The van der Waals surface area contributed by atoms with Crippen molar-refractivity contribution in [2.75, 3.05) is 6.61 Å². The highest BCUT2D eigenvalue weighted by Gasteiger charge is 2.12. The second-order valence-electron chi connectivity index (χ2n) is 2.26. The summed E-state index contributed by atoms with van der Waals surface area (Å²) in [5, 5.41) is 12.9. The third kappa shape index (κ3) is 1.12. The number of rotatable bonds is 1. The molecule has 3 nitrogen and oxygen atoms in total. The first-order chi connectivity index (χ1) is 4.75. The standard InChI is InChI=1S/C7H11NO2/c1-3-6-4-10-8-5(2)7(6)9/h9H,3-4H2,1-2H3. The van der Waals surface area contributed by atoms with E-state index in [2.05, 4.69) is 5.16 Å². The van der Waals surface area contributed by atoms with Gasteiger partial charge >= 0.3 is 0 Å². The molecular formula is C7H11NO2. The Balaban J connectivity index is 2.85. The molecule has 0 saturated carbocycles. The van der Waals surface area contributed by atoms with Gasteiger partial charge in [-0.1, -0.05) is 12.1 Å². The fraction of sp³-hybridized carbons (Fsp3) is 0.571. The lowest BCUT2D eigenvalue weighted by Gasteiger charge is -2.12. The van der Waals surface area contributed by atoms with E-state index in [-0.39, 0.29) is 0 Å². The van der Waals surface area contributed by atoms with Crippen LogP contribution >= 0.6 is 0 Å². The average molecular weight is 141 g/mol. The first-order valence-electron chi connectivity index (χ1n) is 3.33. The molecule has 3 heteroatoms. The molecule has 56 valence electrons. The van der Waals surface area contributed by atoms with Crippen LogP contribution in [0.2, 0.25) is 0 Å². The monoisotopic (exact) mass is 141 g/mol. The van der Waals surface area contributed by atoms with Crippen molar-refractivity contribution in [1.29, 1.82) is 0 Å². The predicted octanol–water partition coefficient (Wildman–Crippen LogP) is 1.61. The Labute approximate surface area is 60.0 Å². The van der Waals surface area contributed by atoms with Crippen molar-refractivity contribution >= 4 is 5.71 Å². The maximum absolute atomic E-state index is 9.31. The van der Waals surface area contributed by atoms with Crippen molar-refractivity contribution in [2.45, 2.75) is 20.3 Å². The Kier molecular flexibility index (Phi) is 1.94. The van der Waals surface area contributed by atoms with E-state index < -0.39 is 0 Å². The molecule has 0 aromatic carbocycles. The van der Waals surface area contributed by atoms with Crippen molar-refractivity contribution in [2.24, 2.45) is 5.16 Å². The van der Waals surface area contributed by atoms with E-state index in [0.717, 1.165) is 12.0 Å². The van der Waals surface area contributed by atoms with Crippen LogP contribution in [0.4, 0.5) is 0 Å². The highest BCUT2D eigenvalue weighted by molar-refractivity contribution is 5.96. The first-order valence-corrected chi connectivity index (χ1v) is 3.33. The summed E-state index contributed by atoms with van der Waals surface area (Å²) in [4.78, 5) is 4.83. The van der Waals surface area contributed by atoms with E-state index in [0.29, 0.717) is 18.1 Å². The van der Waals surface area contributed by atoms with Gasteiger partial charge in [-0.15, -0.1) is 0 Å². The number of nitrogens with zero attached hydrogens (tertiary/aromatic N) is 1. The summed E-state index contributed by atoms with van der Waals surface area (Å²) in [6.45, 7) is 4.14. The summed E-state index contributed by atoms with van der Waals surface area (Å²) >= 11 is 0. The zero-order valence-corrected chi connectivity index (χ0v) is 6.22. The van der Waals surface area contributed by atoms with Gasteiger partial charge in [0.15, 0.2) is 0 Å². The molecule has 1 N–H and O–H groups in total. The smallest absolute Gasteiger partial charge is 0.142 e. The molecule has 1 aliphatic heterocycles. The Morgan fingerprint density at radius 3 is 2.90 bits per heavy atom. The Morgan fingerprint density at radius 2 is 2.40 bits per heavy atom. The topological polar surface area (TPSA) is 41.8 Å². The molecule has 0 bridgehead atoms. The van der Waals surface area contributed by atoms with E-state index in [9.17, 15) is 5.11 Å². The van der Waals surface area contributed by atoms with Crippen molar-refractivity contribution in [1.82, 2.24) is 0 Å². The highest BCUT2D eigenvalue weighted by atomic mass is 16.6. The largest absolute Gasteiger partial charge is 0.506 e. The molecule has 0 unspecified atom stereocenters. The van der Waals surface area contributed by atoms with Crippen LogP contribution < -0.4 is 0 Å². The van der Waals surface area contributed by atoms with Gasteiger partial charge in [0.05, 0.1) is 0 Å². The second kappa shape index (κ2) is 2.73. The Hall–Kier alpha value is -0.990. The van der Waals surface area contributed by atoms with Gasteiger partial charge in [0.1, 0.15) is 18.1 Å². The molecule has 0 fully saturated rings. The molecule has 1 aliphatic rings. The van der Waals surface area contributed by atoms with E-state index >= 15 is 0 Å². The number of hydrogen-bond donors (Lipinski definition) is 1.